The third-order valence-corrected chi connectivity index (χ3v) is 3.78. The number of aromatic carboxylic acids is 1. The van der Waals surface area contributed by atoms with E-state index in [1.807, 2.05) is 0 Å². The van der Waals surface area contributed by atoms with Crippen LogP contribution in [0.5, 0.6) is 0 Å². The second kappa shape index (κ2) is 5.12. The largest absolute Gasteiger partial charge is 0.476 e. The van der Waals surface area contributed by atoms with Gasteiger partial charge in [0.1, 0.15) is 11.1 Å². The average molecular weight is 256 g/mol. The molecule has 1 fully saturated rings. The molecular formula is C11H16N2O3S. The summed E-state index contributed by atoms with van der Waals surface area (Å²) >= 11 is 1.35. The highest BCUT2D eigenvalue weighted by Crippen LogP contribution is 2.26. The van der Waals surface area contributed by atoms with Gasteiger partial charge >= 0.3 is 5.97 Å². The fourth-order valence-electron chi connectivity index (χ4n) is 1.82. The van der Waals surface area contributed by atoms with E-state index in [0.29, 0.717) is 12.6 Å². The van der Waals surface area contributed by atoms with Crippen molar-refractivity contribution < 1.29 is 14.6 Å². The number of carboxylic acids is 1. The lowest BCUT2D eigenvalue weighted by Gasteiger charge is -2.34. The number of morpholine rings is 1. The number of carboxylic acid groups (broad SMARTS) is 1. The van der Waals surface area contributed by atoms with Crippen molar-refractivity contribution >= 4 is 17.3 Å². The van der Waals surface area contributed by atoms with Crippen LogP contribution in [0.25, 0.3) is 0 Å². The van der Waals surface area contributed by atoms with Gasteiger partial charge in [-0.05, 0) is 13.8 Å². The van der Waals surface area contributed by atoms with E-state index < -0.39 is 5.97 Å². The molecule has 0 radical (unpaired) electrons. The van der Waals surface area contributed by atoms with E-state index in [-0.39, 0.29) is 11.8 Å². The lowest BCUT2D eigenvalue weighted by molar-refractivity contribution is -0.0403. The van der Waals surface area contributed by atoms with Crippen molar-refractivity contribution in [3.8, 4) is 0 Å². The van der Waals surface area contributed by atoms with Crippen LogP contribution < -0.4 is 0 Å². The quantitative estimate of drug-likeness (QED) is 0.890. The maximum absolute atomic E-state index is 10.8. The maximum Gasteiger partial charge on any atom is 0.355 e. The molecule has 1 aliphatic rings. The standard InChI is InChI=1S/C11H16N2O3S/c1-7(2)13-3-4-16-9(5-13)10-12-8(6-17-10)11(14)15/h6-7,9H,3-5H2,1-2H3,(H,14,15). The molecule has 1 atom stereocenters. The normalized spacial score (nSPS) is 21.9. The highest BCUT2D eigenvalue weighted by Gasteiger charge is 2.26. The Balaban J connectivity index is 2.08. The van der Waals surface area contributed by atoms with E-state index in [2.05, 4.69) is 23.7 Å². The minimum atomic E-state index is -0.982. The molecular weight excluding hydrogens is 240 g/mol. The first-order valence-corrected chi connectivity index (χ1v) is 6.50. The van der Waals surface area contributed by atoms with Gasteiger partial charge < -0.3 is 9.84 Å². The van der Waals surface area contributed by atoms with Gasteiger partial charge in [0.15, 0.2) is 5.69 Å². The van der Waals surface area contributed by atoms with Gasteiger partial charge in [0.2, 0.25) is 0 Å². The number of rotatable bonds is 3. The van der Waals surface area contributed by atoms with Gasteiger partial charge in [0, 0.05) is 24.5 Å². The summed E-state index contributed by atoms with van der Waals surface area (Å²) in [5.41, 5.74) is 0.107. The van der Waals surface area contributed by atoms with Crippen molar-refractivity contribution in [3.63, 3.8) is 0 Å². The molecule has 0 saturated carbocycles. The molecule has 0 amide bonds. The number of aromatic nitrogens is 1. The van der Waals surface area contributed by atoms with Crippen molar-refractivity contribution in [2.45, 2.75) is 26.0 Å². The Morgan fingerprint density at radius 2 is 2.47 bits per heavy atom. The first-order valence-electron chi connectivity index (χ1n) is 5.62. The minimum absolute atomic E-state index is 0.0933. The van der Waals surface area contributed by atoms with Crippen LogP contribution >= 0.6 is 11.3 Å². The number of thiazole rings is 1. The summed E-state index contributed by atoms with van der Waals surface area (Å²) in [6, 6.07) is 0.473. The van der Waals surface area contributed by atoms with Gasteiger partial charge in [0.05, 0.1) is 6.61 Å². The zero-order valence-corrected chi connectivity index (χ0v) is 10.7. The van der Waals surface area contributed by atoms with E-state index >= 15 is 0 Å². The second-order valence-electron chi connectivity index (χ2n) is 4.32. The highest BCUT2D eigenvalue weighted by molar-refractivity contribution is 7.09. The Kier molecular flexibility index (Phi) is 3.76. The molecule has 5 nitrogen and oxygen atoms in total. The fraction of sp³-hybridized carbons (Fsp3) is 0.636. The Morgan fingerprint density at radius 1 is 1.71 bits per heavy atom. The van der Waals surface area contributed by atoms with Crippen LogP contribution in [0.4, 0.5) is 0 Å². The van der Waals surface area contributed by atoms with Crippen molar-refractivity contribution in [3.05, 3.63) is 16.1 Å². The predicted molar refractivity (Wildman–Crippen MR) is 64.5 cm³/mol. The molecule has 2 rings (SSSR count). The third kappa shape index (κ3) is 2.83. The highest BCUT2D eigenvalue weighted by atomic mass is 32.1. The number of hydrogen-bond acceptors (Lipinski definition) is 5. The Hall–Kier alpha value is -0.980. The van der Waals surface area contributed by atoms with Crippen LogP contribution in [-0.4, -0.2) is 46.7 Å². The molecule has 2 heterocycles. The molecule has 6 heteroatoms. The first kappa shape index (κ1) is 12.5. The van der Waals surface area contributed by atoms with Crippen molar-refractivity contribution in [1.82, 2.24) is 9.88 Å². The fourth-order valence-corrected chi connectivity index (χ4v) is 2.65. The summed E-state index contributed by atoms with van der Waals surface area (Å²) in [5, 5.41) is 11.2. The number of ether oxygens (including phenoxy) is 1. The minimum Gasteiger partial charge on any atom is -0.476 e. The number of nitrogens with zero attached hydrogens (tertiary/aromatic N) is 2. The van der Waals surface area contributed by atoms with E-state index in [1.165, 1.54) is 11.3 Å². The predicted octanol–water partition coefficient (Wildman–Crippen LogP) is 1.62. The first-order chi connectivity index (χ1) is 8.08. The Labute approximate surface area is 104 Å². The average Bonchev–Trinajstić information content (AvgIpc) is 2.78. The summed E-state index contributed by atoms with van der Waals surface area (Å²) in [4.78, 5) is 17.2. The third-order valence-electron chi connectivity index (χ3n) is 2.84. The van der Waals surface area contributed by atoms with Crippen LogP contribution in [-0.2, 0) is 4.74 Å². The van der Waals surface area contributed by atoms with Crippen LogP contribution in [0, 0.1) is 0 Å². The monoisotopic (exact) mass is 256 g/mol. The van der Waals surface area contributed by atoms with Crippen LogP contribution in [0.2, 0.25) is 0 Å². The van der Waals surface area contributed by atoms with Gasteiger partial charge in [-0.3, -0.25) is 4.90 Å². The molecule has 1 aromatic heterocycles. The topological polar surface area (TPSA) is 62.7 Å². The summed E-state index contributed by atoms with van der Waals surface area (Å²) in [7, 11) is 0. The molecule has 0 bridgehead atoms. The van der Waals surface area contributed by atoms with E-state index in [9.17, 15) is 4.79 Å². The molecule has 0 aliphatic carbocycles. The smallest absolute Gasteiger partial charge is 0.355 e. The summed E-state index contributed by atoms with van der Waals surface area (Å²) in [6.45, 7) is 6.67. The number of carbonyl (C=O) groups is 1. The zero-order valence-electron chi connectivity index (χ0n) is 9.92. The lowest BCUT2D eigenvalue weighted by atomic mass is 10.2. The van der Waals surface area contributed by atoms with Crippen molar-refractivity contribution in [2.75, 3.05) is 19.7 Å². The maximum atomic E-state index is 10.8. The van der Waals surface area contributed by atoms with Crippen LogP contribution in [0.1, 0.15) is 35.4 Å². The molecule has 1 N–H and O–H groups in total. The summed E-state index contributed by atoms with van der Waals surface area (Å²) in [5.74, 6) is -0.982. The van der Waals surface area contributed by atoms with Gasteiger partial charge in [-0.1, -0.05) is 0 Å². The number of hydrogen-bond donors (Lipinski definition) is 1. The molecule has 1 saturated heterocycles. The SMILES string of the molecule is CC(C)N1CCOC(c2nc(C(=O)O)cs2)C1. The lowest BCUT2D eigenvalue weighted by Crippen LogP contribution is -2.42. The molecule has 0 aromatic carbocycles. The van der Waals surface area contributed by atoms with Crippen molar-refractivity contribution in [1.29, 1.82) is 0 Å². The molecule has 1 unspecified atom stereocenters. The molecule has 94 valence electrons. The molecule has 1 aliphatic heterocycles. The van der Waals surface area contributed by atoms with E-state index in [1.54, 1.807) is 5.38 Å². The van der Waals surface area contributed by atoms with E-state index in [0.717, 1.165) is 18.1 Å². The Bertz CT molecular complexity index is 405. The van der Waals surface area contributed by atoms with Gasteiger partial charge in [0.25, 0.3) is 0 Å². The summed E-state index contributed by atoms with van der Waals surface area (Å²) in [6.07, 6.45) is -0.0933. The van der Waals surface area contributed by atoms with Gasteiger partial charge in [-0.15, -0.1) is 11.3 Å². The second-order valence-corrected chi connectivity index (χ2v) is 5.21. The zero-order chi connectivity index (χ0) is 12.4. The van der Waals surface area contributed by atoms with E-state index in [4.69, 9.17) is 9.84 Å². The van der Waals surface area contributed by atoms with Crippen LogP contribution in [0.15, 0.2) is 5.38 Å². The summed E-state index contributed by atoms with van der Waals surface area (Å²) < 4.78 is 5.65. The van der Waals surface area contributed by atoms with Gasteiger partial charge in [-0.25, -0.2) is 9.78 Å². The van der Waals surface area contributed by atoms with Crippen molar-refractivity contribution in [2.24, 2.45) is 0 Å². The molecule has 17 heavy (non-hydrogen) atoms. The Morgan fingerprint density at radius 3 is 3.06 bits per heavy atom. The van der Waals surface area contributed by atoms with Gasteiger partial charge in [-0.2, -0.15) is 0 Å². The van der Waals surface area contributed by atoms with Crippen LogP contribution in [0.3, 0.4) is 0 Å². The molecule has 0 spiro atoms. The molecule has 1 aromatic rings.